The van der Waals surface area contributed by atoms with E-state index in [0.717, 1.165) is 24.5 Å². The number of ether oxygens (including phenoxy) is 2. The Bertz CT molecular complexity index is 368. The van der Waals surface area contributed by atoms with Gasteiger partial charge in [0.25, 0.3) is 0 Å². The van der Waals surface area contributed by atoms with Gasteiger partial charge in [-0.15, -0.1) is 0 Å². The van der Waals surface area contributed by atoms with Crippen molar-refractivity contribution in [3.63, 3.8) is 0 Å². The Kier molecular flexibility index (Phi) is 3.19. The van der Waals surface area contributed by atoms with E-state index in [-0.39, 0.29) is 6.23 Å². The number of nitrogen functional groups attached to an aromatic ring is 1. The summed E-state index contributed by atoms with van der Waals surface area (Å²) in [7, 11) is 3.70. The molecule has 0 aromatic heterocycles. The van der Waals surface area contributed by atoms with E-state index in [1.165, 1.54) is 6.42 Å². The predicted octanol–water partition coefficient (Wildman–Crippen LogP) is 1.71. The normalized spacial score (nSPS) is 21.0. The number of nitrogens with zero attached hydrogens (tertiary/aromatic N) is 1. The molecule has 0 bridgehead atoms. The SMILES string of the molecule is COc1ccc(N)cc1O[C@H]1CCCN1C. The second-order valence-corrected chi connectivity index (χ2v) is 4.11. The monoisotopic (exact) mass is 222 g/mol. The van der Waals surface area contributed by atoms with Crippen LogP contribution in [0.3, 0.4) is 0 Å². The summed E-state index contributed by atoms with van der Waals surface area (Å²) in [4.78, 5) is 2.20. The van der Waals surface area contributed by atoms with Crippen LogP contribution < -0.4 is 15.2 Å². The van der Waals surface area contributed by atoms with Gasteiger partial charge in [-0.2, -0.15) is 0 Å². The molecule has 2 rings (SSSR count). The number of likely N-dealkylation sites (tertiary alicyclic amines) is 1. The summed E-state index contributed by atoms with van der Waals surface area (Å²) in [5, 5.41) is 0. The van der Waals surface area contributed by atoms with E-state index in [0.29, 0.717) is 5.69 Å². The minimum atomic E-state index is 0.135. The molecule has 1 atom stereocenters. The lowest BCUT2D eigenvalue weighted by Crippen LogP contribution is -2.30. The van der Waals surface area contributed by atoms with Crippen molar-refractivity contribution in [2.24, 2.45) is 0 Å². The molecule has 0 amide bonds. The summed E-state index contributed by atoms with van der Waals surface area (Å²) >= 11 is 0. The van der Waals surface area contributed by atoms with Crippen molar-refractivity contribution in [2.75, 3.05) is 26.4 Å². The minimum Gasteiger partial charge on any atom is -0.493 e. The van der Waals surface area contributed by atoms with Crippen molar-refractivity contribution in [2.45, 2.75) is 19.1 Å². The van der Waals surface area contributed by atoms with Crippen molar-refractivity contribution in [3.05, 3.63) is 18.2 Å². The van der Waals surface area contributed by atoms with E-state index in [9.17, 15) is 0 Å². The molecule has 2 N–H and O–H groups in total. The summed E-state index contributed by atoms with van der Waals surface area (Å²) in [6.45, 7) is 1.08. The lowest BCUT2D eigenvalue weighted by molar-refractivity contribution is 0.0782. The van der Waals surface area contributed by atoms with Gasteiger partial charge in [-0.25, -0.2) is 0 Å². The van der Waals surface area contributed by atoms with Crippen LogP contribution in [0.4, 0.5) is 5.69 Å². The molecule has 1 heterocycles. The molecule has 88 valence electrons. The zero-order chi connectivity index (χ0) is 11.5. The van der Waals surface area contributed by atoms with Gasteiger partial charge < -0.3 is 15.2 Å². The Balaban J connectivity index is 2.16. The van der Waals surface area contributed by atoms with Crippen molar-refractivity contribution in [3.8, 4) is 11.5 Å². The maximum absolute atomic E-state index is 5.91. The third-order valence-electron chi connectivity index (χ3n) is 2.90. The first-order valence-electron chi connectivity index (χ1n) is 5.51. The maximum Gasteiger partial charge on any atom is 0.165 e. The number of rotatable bonds is 3. The average Bonchev–Trinajstić information content (AvgIpc) is 2.65. The molecule has 0 unspecified atom stereocenters. The van der Waals surface area contributed by atoms with Crippen molar-refractivity contribution < 1.29 is 9.47 Å². The summed E-state index contributed by atoms with van der Waals surface area (Å²) in [5.74, 6) is 1.45. The van der Waals surface area contributed by atoms with Gasteiger partial charge >= 0.3 is 0 Å². The van der Waals surface area contributed by atoms with Crippen LogP contribution in [0.25, 0.3) is 0 Å². The Labute approximate surface area is 95.9 Å². The van der Waals surface area contributed by atoms with E-state index in [2.05, 4.69) is 11.9 Å². The highest BCUT2D eigenvalue weighted by molar-refractivity contribution is 5.52. The topological polar surface area (TPSA) is 47.7 Å². The molecule has 0 spiro atoms. The van der Waals surface area contributed by atoms with Gasteiger partial charge in [0.15, 0.2) is 17.7 Å². The van der Waals surface area contributed by atoms with Crippen molar-refractivity contribution in [1.29, 1.82) is 0 Å². The zero-order valence-electron chi connectivity index (χ0n) is 9.77. The molecule has 16 heavy (non-hydrogen) atoms. The van der Waals surface area contributed by atoms with Crippen LogP contribution >= 0.6 is 0 Å². The number of hydrogen-bond donors (Lipinski definition) is 1. The van der Waals surface area contributed by atoms with Gasteiger partial charge in [0.05, 0.1) is 7.11 Å². The highest BCUT2D eigenvalue weighted by atomic mass is 16.5. The molecule has 1 aromatic carbocycles. The van der Waals surface area contributed by atoms with Crippen LogP contribution in [-0.4, -0.2) is 31.8 Å². The standard InChI is InChI=1S/C12H18N2O2/c1-14-7-3-4-12(14)16-11-8-9(13)5-6-10(11)15-2/h5-6,8,12H,3-4,7,13H2,1-2H3/t12-/m0/s1. The molecule has 0 saturated carbocycles. The minimum absolute atomic E-state index is 0.135. The second-order valence-electron chi connectivity index (χ2n) is 4.11. The van der Waals surface area contributed by atoms with Crippen LogP contribution in [0.2, 0.25) is 0 Å². The molecule has 4 nitrogen and oxygen atoms in total. The lowest BCUT2D eigenvalue weighted by atomic mass is 10.3. The fraction of sp³-hybridized carbons (Fsp3) is 0.500. The number of hydrogen-bond acceptors (Lipinski definition) is 4. The Morgan fingerprint density at radius 3 is 2.81 bits per heavy atom. The van der Waals surface area contributed by atoms with Gasteiger partial charge in [0.1, 0.15) is 0 Å². The first kappa shape index (κ1) is 11.1. The van der Waals surface area contributed by atoms with Crippen molar-refractivity contribution in [1.82, 2.24) is 4.90 Å². The number of anilines is 1. The smallest absolute Gasteiger partial charge is 0.165 e. The molecule has 1 aliphatic heterocycles. The second kappa shape index (κ2) is 4.61. The van der Waals surface area contributed by atoms with E-state index < -0.39 is 0 Å². The van der Waals surface area contributed by atoms with E-state index in [4.69, 9.17) is 15.2 Å². The van der Waals surface area contributed by atoms with Gasteiger partial charge in [0.2, 0.25) is 0 Å². The molecule has 1 saturated heterocycles. The van der Waals surface area contributed by atoms with Gasteiger partial charge in [-0.05, 0) is 32.0 Å². The number of benzene rings is 1. The number of methoxy groups -OCH3 is 1. The Hall–Kier alpha value is -1.42. The molecule has 4 heteroatoms. The molecule has 0 aliphatic carbocycles. The van der Waals surface area contributed by atoms with Gasteiger partial charge in [-0.3, -0.25) is 4.90 Å². The summed E-state index contributed by atoms with van der Waals surface area (Å²) in [6.07, 6.45) is 2.36. The highest BCUT2D eigenvalue weighted by Gasteiger charge is 2.23. The average molecular weight is 222 g/mol. The van der Waals surface area contributed by atoms with Crippen LogP contribution in [-0.2, 0) is 0 Å². The van der Waals surface area contributed by atoms with Gasteiger partial charge in [-0.1, -0.05) is 0 Å². The summed E-state index contributed by atoms with van der Waals surface area (Å²) < 4.78 is 11.2. The fourth-order valence-corrected chi connectivity index (χ4v) is 1.96. The Morgan fingerprint density at radius 2 is 2.19 bits per heavy atom. The van der Waals surface area contributed by atoms with Gasteiger partial charge in [0, 0.05) is 18.3 Å². The highest BCUT2D eigenvalue weighted by Crippen LogP contribution is 2.31. The third kappa shape index (κ3) is 2.22. The molecular weight excluding hydrogens is 204 g/mol. The molecule has 1 aromatic rings. The molecule has 1 fully saturated rings. The maximum atomic E-state index is 5.91. The van der Waals surface area contributed by atoms with E-state index >= 15 is 0 Å². The third-order valence-corrected chi connectivity index (χ3v) is 2.90. The number of nitrogens with two attached hydrogens (primary N) is 1. The summed E-state index contributed by atoms with van der Waals surface area (Å²) in [5.41, 5.74) is 6.43. The van der Waals surface area contributed by atoms with E-state index in [1.807, 2.05) is 18.2 Å². The zero-order valence-corrected chi connectivity index (χ0v) is 9.77. The molecule has 1 aliphatic rings. The quantitative estimate of drug-likeness (QED) is 0.791. The van der Waals surface area contributed by atoms with Crippen LogP contribution in [0.15, 0.2) is 18.2 Å². The summed E-state index contributed by atoms with van der Waals surface area (Å²) in [6, 6.07) is 5.45. The van der Waals surface area contributed by atoms with Crippen molar-refractivity contribution >= 4 is 5.69 Å². The Morgan fingerprint density at radius 1 is 1.38 bits per heavy atom. The first-order chi connectivity index (χ1) is 7.70. The van der Waals surface area contributed by atoms with Crippen LogP contribution in [0.5, 0.6) is 11.5 Å². The predicted molar refractivity (Wildman–Crippen MR) is 63.7 cm³/mol. The van der Waals surface area contributed by atoms with E-state index in [1.54, 1.807) is 7.11 Å². The fourth-order valence-electron chi connectivity index (χ4n) is 1.96. The largest absolute Gasteiger partial charge is 0.493 e. The lowest BCUT2D eigenvalue weighted by Gasteiger charge is -2.22. The molecular formula is C12H18N2O2. The molecule has 0 radical (unpaired) electrons. The van der Waals surface area contributed by atoms with Crippen LogP contribution in [0.1, 0.15) is 12.8 Å². The van der Waals surface area contributed by atoms with Crippen LogP contribution in [0, 0.1) is 0 Å². The first-order valence-corrected chi connectivity index (χ1v) is 5.51.